The van der Waals surface area contributed by atoms with Crippen molar-refractivity contribution in [2.45, 2.75) is 26.2 Å². The number of carboxylic acids is 1. The number of carboxylic acid groups (broad SMARTS) is 1. The van der Waals surface area contributed by atoms with Crippen molar-refractivity contribution in [3.8, 4) is 5.75 Å². The van der Waals surface area contributed by atoms with Gasteiger partial charge in [0.1, 0.15) is 5.75 Å². The van der Waals surface area contributed by atoms with Gasteiger partial charge in [-0.15, -0.1) is 0 Å². The summed E-state index contributed by atoms with van der Waals surface area (Å²) in [5.41, 5.74) is 1.65. The number of rotatable bonds is 4. The molecule has 2 rings (SSSR count). The van der Waals surface area contributed by atoms with E-state index in [1.807, 2.05) is 25.1 Å². The highest BCUT2D eigenvalue weighted by Crippen LogP contribution is 2.48. The highest BCUT2D eigenvalue weighted by Gasteiger charge is 2.49. The summed E-state index contributed by atoms with van der Waals surface area (Å²) in [7, 11) is 1.64. The van der Waals surface area contributed by atoms with E-state index < -0.39 is 11.4 Å². The topological polar surface area (TPSA) is 46.5 Å². The Hall–Kier alpha value is -1.51. The second-order valence-corrected chi connectivity index (χ2v) is 4.57. The van der Waals surface area contributed by atoms with Crippen LogP contribution < -0.4 is 4.74 Å². The number of benzene rings is 1. The molecule has 0 amide bonds. The zero-order valence-corrected chi connectivity index (χ0v) is 9.62. The molecular formula is C13H16O3. The average molecular weight is 220 g/mol. The van der Waals surface area contributed by atoms with Crippen LogP contribution in [0.2, 0.25) is 0 Å². The summed E-state index contributed by atoms with van der Waals surface area (Å²) >= 11 is 0. The third-order valence-electron chi connectivity index (χ3n) is 3.31. The van der Waals surface area contributed by atoms with Crippen molar-refractivity contribution in [1.82, 2.24) is 0 Å². The maximum Gasteiger partial charge on any atom is 0.309 e. The third-order valence-corrected chi connectivity index (χ3v) is 3.31. The second kappa shape index (κ2) is 3.81. The molecule has 1 aromatic carbocycles. The number of methoxy groups -OCH3 is 1. The molecule has 0 atom stereocenters. The van der Waals surface area contributed by atoms with Crippen molar-refractivity contribution in [2.24, 2.45) is 5.41 Å². The van der Waals surface area contributed by atoms with E-state index in [9.17, 15) is 4.79 Å². The van der Waals surface area contributed by atoms with Crippen molar-refractivity contribution < 1.29 is 14.6 Å². The van der Waals surface area contributed by atoms with Gasteiger partial charge in [0.05, 0.1) is 12.5 Å². The molecule has 0 aliphatic heterocycles. The number of ether oxygens (including phenoxy) is 1. The van der Waals surface area contributed by atoms with E-state index in [1.54, 1.807) is 7.11 Å². The normalized spacial score (nSPS) is 16.9. The fraction of sp³-hybridized carbons (Fsp3) is 0.462. The maximum absolute atomic E-state index is 11.1. The molecule has 3 heteroatoms. The van der Waals surface area contributed by atoms with Gasteiger partial charge in [-0.3, -0.25) is 4.79 Å². The molecule has 16 heavy (non-hydrogen) atoms. The van der Waals surface area contributed by atoms with E-state index in [0.717, 1.165) is 29.7 Å². The zero-order valence-electron chi connectivity index (χ0n) is 9.62. The molecular weight excluding hydrogens is 204 g/mol. The highest BCUT2D eigenvalue weighted by atomic mass is 16.5. The maximum atomic E-state index is 11.1. The number of carbonyl (C=O) groups is 1. The molecule has 1 aliphatic carbocycles. The van der Waals surface area contributed by atoms with Crippen molar-refractivity contribution >= 4 is 5.97 Å². The molecule has 0 unspecified atom stereocenters. The second-order valence-electron chi connectivity index (χ2n) is 4.57. The first-order chi connectivity index (χ1) is 7.57. The van der Waals surface area contributed by atoms with E-state index in [1.165, 1.54) is 0 Å². The quantitative estimate of drug-likeness (QED) is 0.847. The summed E-state index contributed by atoms with van der Waals surface area (Å²) in [5.74, 6) is 0.185. The molecule has 1 N–H and O–H groups in total. The summed E-state index contributed by atoms with van der Waals surface area (Å²) < 4.78 is 5.18. The first kappa shape index (κ1) is 11.0. The molecule has 0 radical (unpaired) electrons. The van der Waals surface area contributed by atoms with Gasteiger partial charge in [-0.05, 0) is 43.4 Å². The Morgan fingerprint density at radius 3 is 2.62 bits per heavy atom. The Kier molecular flexibility index (Phi) is 2.62. The van der Waals surface area contributed by atoms with Gasteiger partial charge in [0.2, 0.25) is 0 Å². The van der Waals surface area contributed by atoms with Crippen LogP contribution >= 0.6 is 0 Å². The Morgan fingerprint density at radius 2 is 2.19 bits per heavy atom. The lowest BCUT2D eigenvalue weighted by atomic mass is 9.95. The van der Waals surface area contributed by atoms with E-state index in [0.29, 0.717) is 6.42 Å². The van der Waals surface area contributed by atoms with Crippen molar-refractivity contribution in [2.75, 3.05) is 7.11 Å². The van der Waals surface area contributed by atoms with E-state index >= 15 is 0 Å². The molecule has 0 saturated heterocycles. The molecule has 0 spiro atoms. The lowest BCUT2D eigenvalue weighted by Crippen LogP contribution is -2.17. The highest BCUT2D eigenvalue weighted by molar-refractivity contribution is 5.78. The van der Waals surface area contributed by atoms with Crippen LogP contribution in [0.5, 0.6) is 5.75 Å². The Labute approximate surface area is 95.0 Å². The summed E-state index contributed by atoms with van der Waals surface area (Å²) in [4.78, 5) is 11.1. The summed E-state index contributed by atoms with van der Waals surface area (Å²) in [5, 5.41) is 9.11. The van der Waals surface area contributed by atoms with Crippen LogP contribution in [0.15, 0.2) is 18.2 Å². The Balaban J connectivity index is 2.17. The standard InChI is InChI=1S/C13H16O3/c1-9-7-10(3-4-11(9)16-2)8-13(5-6-13)12(14)15/h3-4,7H,5-6,8H2,1-2H3,(H,14,15). The van der Waals surface area contributed by atoms with Crippen molar-refractivity contribution in [3.63, 3.8) is 0 Å². The van der Waals surface area contributed by atoms with E-state index in [-0.39, 0.29) is 0 Å². The number of aryl methyl sites for hydroxylation is 1. The molecule has 1 saturated carbocycles. The SMILES string of the molecule is COc1ccc(CC2(C(=O)O)CC2)cc1C. The van der Waals surface area contributed by atoms with Crippen LogP contribution in [0.4, 0.5) is 0 Å². The largest absolute Gasteiger partial charge is 0.496 e. The predicted octanol–water partition coefficient (Wildman–Crippen LogP) is 2.41. The smallest absolute Gasteiger partial charge is 0.309 e. The third kappa shape index (κ3) is 1.90. The number of hydrogen-bond donors (Lipinski definition) is 1. The van der Waals surface area contributed by atoms with Gasteiger partial charge in [-0.2, -0.15) is 0 Å². The molecule has 86 valence electrons. The lowest BCUT2D eigenvalue weighted by molar-refractivity contribution is -0.143. The summed E-state index contributed by atoms with van der Waals surface area (Å²) in [6, 6.07) is 5.87. The van der Waals surface area contributed by atoms with Crippen molar-refractivity contribution in [1.29, 1.82) is 0 Å². The van der Waals surface area contributed by atoms with Gasteiger partial charge in [0.15, 0.2) is 0 Å². The molecule has 0 aromatic heterocycles. The van der Waals surface area contributed by atoms with Gasteiger partial charge < -0.3 is 9.84 Å². The van der Waals surface area contributed by atoms with E-state index in [2.05, 4.69) is 0 Å². The fourth-order valence-electron chi connectivity index (χ4n) is 2.06. The molecule has 1 fully saturated rings. The molecule has 1 aromatic rings. The van der Waals surface area contributed by atoms with Gasteiger partial charge in [0, 0.05) is 0 Å². The Morgan fingerprint density at radius 1 is 1.50 bits per heavy atom. The van der Waals surface area contributed by atoms with Crippen LogP contribution in [0.25, 0.3) is 0 Å². The van der Waals surface area contributed by atoms with E-state index in [4.69, 9.17) is 9.84 Å². The van der Waals surface area contributed by atoms with Crippen LogP contribution in [-0.2, 0) is 11.2 Å². The molecule has 0 bridgehead atoms. The van der Waals surface area contributed by atoms with Gasteiger partial charge in [-0.25, -0.2) is 0 Å². The minimum Gasteiger partial charge on any atom is -0.496 e. The molecule has 1 aliphatic rings. The minimum atomic E-state index is -0.666. The molecule has 3 nitrogen and oxygen atoms in total. The zero-order chi connectivity index (χ0) is 11.8. The summed E-state index contributed by atoms with van der Waals surface area (Å²) in [6.45, 7) is 1.97. The monoisotopic (exact) mass is 220 g/mol. The molecule has 0 heterocycles. The first-order valence-electron chi connectivity index (χ1n) is 5.44. The predicted molar refractivity (Wildman–Crippen MR) is 60.7 cm³/mol. The fourth-order valence-corrected chi connectivity index (χ4v) is 2.06. The van der Waals surface area contributed by atoms with Crippen LogP contribution in [-0.4, -0.2) is 18.2 Å². The Bertz CT molecular complexity index is 419. The van der Waals surface area contributed by atoms with Gasteiger partial charge >= 0.3 is 5.97 Å². The first-order valence-corrected chi connectivity index (χ1v) is 5.44. The lowest BCUT2D eigenvalue weighted by Gasteiger charge is -2.11. The number of hydrogen-bond acceptors (Lipinski definition) is 2. The van der Waals surface area contributed by atoms with Gasteiger partial charge in [-0.1, -0.05) is 12.1 Å². The minimum absolute atomic E-state index is 0.485. The summed E-state index contributed by atoms with van der Waals surface area (Å²) in [6.07, 6.45) is 2.23. The number of aliphatic carboxylic acids is 1. The average Bonchev–Trinajstić information content (AvgIpc) is 2.99. The van der Waals surface area contributed by atoms with Crippen molar-refractivity contribution in [3.05, 3.63) is 29.3 Å². The van der Waals surface area contributed by atoms with Crippen LogP contribution in [0.3, 0.4) is 0 Å². The van der Waals surface area contributed by atoms with Gasteiger partial charge in [0.25, 0.3) is 0 Å². The van der Waals surface area contributed by atoms with Crippen LogP contribution in [0.1, 0.15) is 24.0 Å². The van der Waals surface area contributed by atoms with Crippen LogP contribution in [0, 0.1) is 12.3 Å².